The lowest BCUT2D eigenvalue weighted by Gasteiger charge is -2.18. The number of urea groups is 1. The van der Waals surface area contributed by atoms with E-state index in [4.69, 9.17) is 22.1 Å². The minimum Gasteiger partial charge on any atom is -0.449 e. The maximum absolute atomic E-state index is 11.8. The standard InChI is InChI=1S/C15H16ClN3O6/c1-8(2)13(14(21)18-15(17)22)25-12(20)6-4-9-3-5-10(16)11(7-9)19(23)24/h3-8,13H,1-2H3,(H3,17,18,21,22)/b6-4+. The summed E-state index contributed by atoms with van der Waals surface area (Å²) in [7, 11) is 0. The Bertz CT molecular complexity index is 732. The van der Waals surface area contributed by atoms with Crippen LogP contribution in [0.4, 0.5) is 10.5 Å². The fourth-order valence-corrected chi connectivity index (χ4v) is 1.97. The van der Waals surface area contributed by atoms with Crippen molar-refractivity contribution in [3.8, 4) is 0 Å². The van der Waals surface area contributed by atoms with Gasteiger partial charge in [0.15, 0.2) is 6.10 Å². The average Bonchev–Trinajstić information content (AvgIpc) is 2.50. The number of nitro groups is 1. The van der Waals surface area contributed by atoms with Gasteiger partial charge < -0.3 is 10.5 Å². The van der Waals surface area contributed by atoms with Gasteiger partial charge in [-0.3, -0.25) is 20.2 Å². The fraction of sp³-hybridized carbons (Fsp3) is 0.267. The minimum absolute atomic E-state index is 0.0345. The second-order valence-electron chi connectivity index (χ2n) is 5.26. The quantitative estimate of drug-likeness (QED) is 0.340. The van der Waals surface area contributed by atoms with Crippen molar-refractivity contribution in [2.45, 2.75) is 20.0 Å². The van der Waals surface area contributed by atoms with Gasteiger partial charge >= 0.3 is 12.0 Å². The lowest BCUT2D eigenvalue weighted by atomic mass is 10.1. The van der Waals surface area contributed by atoms with Gasteiger partial charge in [0.25, 0.3) is 11.6 Å². The van der Waals surface area contributed by atoms with Crippen molar-refractivity contribution in [2.24, 2.45) is 11.7 Å². The van der Waals surface area contributed by atoms with Crippen molar-refractivity contribution in [1.29, 1.82) is 0 Å². The molecule has 1 aromatic carbocycles. The van der Waals surface area contributed by atoms with Gasteiger partial charge in [-0.2, -0.15) is 0 Å². The SMILES string of the molecule is CC(C)C(OC(=O)/C=C/c1ccc(Cl)c([N+](=O)[O-])c1)C(=O)NC(N)=O. The number of nitrogens with zero attached hydrogens (tertiary/aromatic N) is 1. The number of benzene rings is 1. The van der Waals surface area contributed by atoms with Crippen molar-refractivity contribution >= 4 is 41.3 Å². The molecule has 0 aliphatic carbocycles. The molecule has 3 N–H and O–H groups in total. The number of amides is 3. The first kappa shape index (κ1) is 20.1. The van der Waals surface area contributed by atoms with Gasteiger partial charge in [-0.05, 0) is 23.6 Å². The number of carbonyl (C=O) groups excluding carboxylic acids is 3. The van der Waals surface area contributed by atoms with Crippen LogP contribution in [-0.4, -0.2) is 28.9 Å². The molecule has 10 heteroatoms. The highest BCUT2D eigenvalue weighted by molar-refractivity contribution is 6.32. The first-order chi connectivity index (χ1) is 11.6. The fourth-order valence-electron chi connectivity index (χ4n) is 1.79. The number of nitrogens with two attached hydrogens (primary N) is 1. The largest absolute Gasteiger partial charge is 0.449 e. The summed E-state index contributed by atoms with van der Waals surface area (Å²) in [6.07, 6.45) is 1.05. The van der Waals surface area contributed by atoms with Crippen LogP contribution in [0.3, 0.4) is 0 Å². The number of hydrogen-bond donors (Lipinski definition) is 2. The summed E-state index contributed by atoms with van der Waals surface area (Å²) in [6, 6.07) is 2.92. The molecule has 25 heavy (non-hydrogen) atoms. The summed E-state index contributed by atoms with van der Waals surface area (Å²) in [5.41, 5.74) is 4.89. The van der Waals surface area contributed by atoms with Crippen molar-refractivity contribution in [2.75, 3.05) is 0 Å². The van der Waals surface area contributed by atoms with E-state index in [0.29, 0.717) is 5.56 Å². The zero-order valence-electron chi connectivity index (χ0n) is 13.4. The van der Waals surface area contributed by atoms with Gasteiger partial charge in [0, 0.05) is 12.1 Å². The summed E-state index contributed by atoms with van der Waals surface area (Å²) in [6.45, 7) is 3.23. The van der Waals surface area contributed by atoms with Crippen LogP contribution in [0.1, 0.15) is 19.4 Å². The molecule has 134 valence electrons. The monoisotopic (exact) mass is 369 g/mol. The van der Waals surface area contributed by atoms with E-state index in [1.165, 1.54) is 24.3 Å². The predicted molar refractivity (Wildman–Crippen MR) is 89.6 cm³/mol. The third kappa shape index (κ3) is 6.22. The van der Waals surface area contributed by atoms with Crippen LogP contribution in [0.2, 0.25) is 5.02 Å². The number of hydrogen-bond acceptors (Lipinski definition) is 6. The lowest BCUT2D eigenvalue weighted by Crippen LogP contribution is -2.45. The molecule has 0 fully saturated rings. The number of nitro benzene ring substituents is 1. The highest BCUT2D eigenvalue weighted by atomic mass is 35.5. The molecule has 0 aliphatic heterocycles. The van der Waals surface area contributed by atoms with Gasteiger partial charge in [0.2, 0.25) is 0 Å². The molecule has 1 unspecified atom stereocenters. The van der Waals surface area contributed by atoms with Gasteiger partial charge in [-0.25, -0.2) is 9.59 Å². The molecule has 0 radical (unpaired) electrons. The lowest BCUT2D eigenvalue weighted by molar-refractivity contribution is -0.384. The van der Waals surface area contributed by atoms with Crippen molar-refractivity contribution in [3.63, 3.8) is 0 Å². The summed E-state index contributed by atoms with van der Waals surface area (Å²) < 4.78 is 4.99. The summed E-state index contributed by atoms with van der Waals surface area (Å²) in [5, 5.41) is 12.6. The minimum atomic E-state index is -1.22. The van der Waals surface area contributed by atoms with E-state index >= 15 is 0 Å². The second-order valence-corrected chi connectivity index (χ2v) is 5.66. The Balaban J connectivity index is 2.85. The highest BCUT2D eigenvalue weighted by Crippen LogP contribution is 2.25. The Morgan fingerprint density at radius 3 is 2.52 bits per heavy atom. The molecule has 9 nitrogen and oxygen atoms in total. The molecule has 0 aromatic heterocycles. The molecular weight excluding hydrogens is 354 g/mol. The Morgan fingerprint density at radius 1 is 1.36 bits per heavy atom. The number of ether oxygens (including phenoxy) is 1. The predicted octanol–water partition coefficient (Wildman–Crippen LogP) is 2.02. The molecule has 0 spiro atoms. The zero-order chi connectivity index (χ0) is 19.1. The van der Waals surface area contributed by atoms with Gasteiger partial charge in [-0.15, -0.1) is 0 Å². The number of primary amides is 1. The summed E-state index contributed by atoms with van der Waals surface area (Å²) >= 11 is 5.69. The Morgan fingerprint density at radius 2 is 2.00 bits per heavy atom. The van der Waals surface area contributed by atoms with Crippen LogP contribution in [0.5, 0.6) is 0 Å². The zero-order valence-corrected chi connectivity index (χ0v) is 14.1. The number of rotatable bonds is 6. The molecule has 0 saturated heterocycles. The molecule has 3 amide bonds. The molecule has 0 aliphatic rings. The molecular formula is C15H16ClN3O6. The molecule has 0 saturated carbocycles. The normalized spacial score (nSPS) is 12.0. The van der Waals surface area contributed by atoms with Crippen LogP contribution in [0, 0.1) is 16.0 Å². The molecule has 1 rings (SSSR count). The van der Waals surface area contributed by atoms with Crippen molar-refractivity contribution < 1.29 is 24.0 Å². The van der Waals surface area contributed by atoms with E-state index in [9.17, 15) is 24.5 Å². The van der Waals surface area contributed by atoms with Crippen LogP contribution < -0.4 is 11.1 Å². The Hall–Kier alpha value is -2.94. The first-order valence-electron chi connectivity index (χ1n) is 7.04. The van der Waals surface area contributed by atoms with E-state index in [1.807, 2.05) is 5.32 Å². The third-order valence-corrected chi connectivity index (χ3v) is 3.25. The van der Waals surface area contributed by atoms with Crippen LogP contribution in [0.25, 0.3) is 6.08 Å². The number of imide groups is 1. The van der Waals surface area contributed by atoms with Crippen molar-refractivity contribution in [3.05, 3.63) is 45.0 Å². The van der Waals surface area contributed by atoms with Crippen LogP contribution >= 0.6 is 11.6 Å². The summed E-state index contributed by atoms with van der Waals surface area (Å²) in [4.78, 5) is 44.5. The van der Waals surface area contributed by atoms with Crippen LogP contribution in [0.15, 0.2) is 24.3 Å². The molecule has 0 bridgehead atoms. The van der Waals surface area contributed by atoms with Crippen LogP contribution in [-0.2, 0) is 14.3 Å². The van der Waals surface area contributed by atoms with E-state index < -0.39 is 34.9 Å². The number of nitrogens with one attached hydrogen (secondary N) is 1. The van der Waals surface area contributed by atoms with Crippen molar-refractivity contribution in [1.82, 2.24) is 5.32 Å². The first-order valence-corrected chi connectivity index (χ1v) is 7.42. The average molecular weight is 370 g/mol. The Labute approximate surface area is 147 Å². The number of carbonyl (C=O) groups is 3. The second kappa shape index (κ2) is 8.78. The maximum atomic E-state index is 11.8. The van der Waals surface area contributed by atoms with Gasteiger partial charge in [0.05, 0.1) is 4.92 Å². The molecule has 1 atom stereocenters. The summed E-state index contributed by atoms with van der Waals surface area (Å²) in [5.74, 6) is -2.12. The van der Waals surface area contributed by atoms with Gasteiger partial charge in [-0.1, -0.05) is 31.5 Å². The molecule has 0 heterocycles. The topological polar surface area (TPSA) is 142 Å². The van der Waals surface area contributed by atoms with Gasteiger partial charge in [0.1, 0.15) is 5.02 Å². The number of halogens is 1. The maximum Gasteiger partial charge on any atom is 0.331 e. The van der Waals surface area contributed by atoms with E-state index in [2.05, 4.69) is 0 Å². The third-order valence-electron chi connectivity index (χ3n) is 2.93. The Kier molecular flexibility index (Phi) is 7.06. The molecule has 1 aromatic rings. The van der Waals surface area contributed by atoms with E-state index in [0.717, 1.165) is 6.08 Å². The number of esters is 1. The van der Waals surface area contributed by atoms with E-state index in [1.54, 1.807) is 13.8 Å². The smallest absolute Gasteiger partial charge is 0.331 e. The highest BCUT2D eigenvalue weighted by Gasteiger charge is 2.26. The van der Waals surface area contributed by atoms with E-state index in [-0.39, 0.29) is 10.7 Å².